The molecule has 0 radical (unpaired) electrons. The first-order valence-electron chi connectivity index (χ1n) is 10.1. The summed E-state index contributed by atoms with van der Waals surface area (Å²) in [5.74, 6) is 1.80. The summed E-state index contributed by atoms with van der Waals surface area (Å²) in [7, 11) is 0. The molecule has 0 aliphatic carbocycles. The number of anilines is 1. The Labute approximate surface area is 170 Å². The Morgan fingerprint density at radius 2 is 1.90 bits per heavy atom. The van der Waals surface area contributed by atoms with E-state index in [1.165, 1.54) is 22.4 Å². The van der Waals surface area contributed by atoms with Gasteiger partial charge in [0.15, 0.2) is 5.82 Å². The monoisotopic (exact) mass is 383 g/mol. The molecular weight excluding hydrogens is 358 g/mol. The van der Waals surface area contributed by atoms with Gasteiger partial charge in [-0.3, -0.25) is 0 Å². The lowest BCUT2D eigenvalue weighted by atomic mass is 9.80. The Balaban J connectivity index is 1.67. The van der Waals surface area contributed by atoms with Crippen LogP contribution in [0.4, 0.5) is 5.69 Å². The maximum atomic E-state index is 4.78. The van der Waals surface area contributed by atoms with Gasteiger partial charge in [0.2, 0.25) is 0 Å². The number of fused-ring (bicyclic) bond motifs is 2. The van der Waals surface area contributed by atoms with Crippen molar-refractivity contribution >= 4 is 11.5 Å². The van der Waals surface area contributed by atoms with Crippen LogP contribution in [0.5, 0.6) is 0 Å². The van der Waals surface area contributed by atoms with Gasteiger partial charge in [0.05, 0.1) is 5.69 Å². The van der Waals surface area contributed by atoms with Crippen LogP contribution in [-0.2, 0) is 0 Å². The summed E-state index contributed by atoms with van der Waals surface area (Å²) in [5, 5.41) is 8.48. The number of hydrogen-bond donors (Lipinski definition) is 1. The van der Waals surface area contributed by atoms with E-state index in [1.807, 2.05) is 47.1 Å². The normalized spacial score (nSPS) is 17.7. The highest BCUT2D eigenvalue weighted by Gasteiger charge is 2.30. The van der Waals surface area contributed by atoms with Crippen molar-refractivity contribution in [1.82, 2.24) is 19.6 Å². The maximum Gasteiger partial charge on any atom is 0.253 e. The molecule has 29 heavy (non-hydrogen) atoms. The molecule has 5 heteroatoms. The predicted molar refractivity (Wildman–Crippen MR) is 117 cm³/mol. The Bertz CT molecular complexity index is 1210. The van der Waals surface area contributed by atoms with E-state index < -0.39 is 0 Å². The maximum absolute atomic E-state index is 4.78. The Morgan fingerprint density at radius 1 is 1.10 bits per heavy atom. The van der Waals surface area contributed by atoms with E-state index in [9.17, 15) is 0 Å². The second-order valence-electron chi connectivity index (χ2n) is 8.71. The highest BCUT2D eigenvalue weighted by atomic mass is 15.3. The molecule has 0 saturated heterocycles. The number of nitrogens with zero attached hydrogens (tertiary/aromatic N) is 4. The zero-order chi connectivity index (χ0) is 20.2. The molecular formula is C24H25N5. The molecule has 5 rings (SSSR count). The zero-order valence-corrected chi connectivity index (χ0v) is 17.3. The molecule has 3 heterocycles. The van der Waals surface area contributed by atoms with Gasteiger partial charge < -0.3 is 5.32 Å². The summed E-state index contributed by atoms with van der Waals surface area (Å²) >= 11 is 0. The van der Waals surface area contributed by atoms with Gasteiger partial charge in [-0.1, -0.05) is 37.3 Å². The predicted octanol–water partition coefficient (Wildman–Crippen LogP) is 5.46. The third-order valence-corrected chi connectivity index (χ3v) is 5.77. The van der Waals surface area contributed by atoms with E-state index in [4.69, 9.17) is 5.10 Å². The third-order valence-electron chi connectivity index (χ3n) is 5.77. The van der Waals surface area contributed by atoms with Crippen LogP contribution in [0.25, 0.3) is 28.4 Å². The molecule has 1 aliphatic rings. The van der Waals surface area contributed by atoms with Crippen molar-refractivity contribution in [3.8, 4) is 22.6 Å². The van der Waals surface area contributed by atoms with Gasteiger partial charge in [-0.25, -0.2) is 4.98 Å². The molecule has 0 amide bonds. The van der Waals surface area contributed by atoms with Gasteiger partial charge >= 0.3 is 0 Å². The number of hydrogen-bond acceptors (Lipinski definition) is 4. The molecule has 0 fully saturated rings. The number of rotatable bonds is 2. The van der Waals surface area contributed by atoms with Crippen molar-refractivity contribution in [2.24, 2.45) is 0 Å². The molecule has 0 spiro atoms. The van der Waals surface area contributed by atoms with Crippen molar-refractivity contribution in [1.29, 1.82) is 0 Å². The van der Waals surface area contributed by atoms with Crippen molar-refractivity contribution in [3.05, 3.63) is 65.9 Å². The lowest BCUT2D eigenvalue weighted by Gasteiger charge is -2.38. The fraction of sp³-hybridized carbons (Fsp3) is 0.292. The SMILES string of the molecule is Cc1cc2c(cc1-c1ccnc3nc(-c4ccccc4)nn13)[C@@H](C)CC(C)(C)N2. The van der Waals surface area contributed by atoms with Crippen LogP contribution < -0.4 is 5.32 Å². The van der Waals surface area contributed by atoms with Gasteiger partial charge in [0.25, 0.3) is 5.78 Å². The molecule has 2 aromatic heterocycles. The van der Waals surface area contributed by atoms with Crippen molar-refractivity contribution in [3.63, 3.8) is 0 Å². The highest BCUT2D eigenvalue weighted by Crippen LogP contribution is 2.41. The van der Waals surface area contributed by atoms with Crippen molar-refractivity contribution in [2.75, 3.05) is 5.32 Å². The minimum Gasteiger partial charge on any atom is -0.380 e. The standard InChI is InChI=1S/C24H25N5/c1-15-12-20-18(16(2)14-24(3,4)27-20)13-19(15)21-10-11-25-23-26-22(28-29(21)23)17-8-6-5-7-9-17/h5-13,16,27H,14H2,1-4H3/t16-/m0/s1. The van der Waals surface area contributed by atoms with Gasteiger partial charge in [-0.05, 0) is 62.4 Å². The first kappa shape index (κ1) is 17.9. The van der Waals surface area contributed by atoms with Crippen LogP contribution >= 0.6 is 0 Å². The molecule has 1 atom stereocenters. The van der Waals surface area contributed by atoms with E-state index in [0.29, 0.717) is 17.5 Å². The molecule has 1 N–H and O–H groups in total. The largest absolute Gasteiger partial charge is 0.380 e. The van der Waals surface area contributed by atoms with Gasteiger partial charge in [-0.15, -0.1) is 5.10 Å². The smallest absolute Gasteiger partial charge is 0.253 e. The van der Waals surface area contributed by atoms with Crippen LogP contribution in [-0.4, -0.2) is 25.1 Å². The van der Waals surface area contributed by atoms with E-state index in [-0.39, 0.29) is 5.54 Å². The number of aromatic nitrogens is 4. The Hall–Kier alpha value is -3.21. The summed E-state index contributed by atoms with van der Waals surface area (Å²) in [6.45, 7) is 9.00. The van der Waals surface area contributed by atoms with Crippen molar-refractivity contribution in [2.45, 2.75) is 45.6 Å². The molecule has 0 unspecified atom stereocenters. The summed E-state index contributed by atoms with van der Waals surface area (Å²) in [5.41, 5.74) is 7.11. The number of nitrogens with one attached hydrogen (secondary N) is 1. The summed E-state index contributed by atoms with van der Waals surface area (Å²) in [4.78, 5) is 9.09. The van der Waals surface area contributed by atoms with E-state index in [2.05, 4.69) is 55.1 Å². The molecule has 0 saturated carbocycles. The lowest BCUT2D eigenvalue weighted by molar-refractivity contribution is 0.454. The van der Waals surface area contributed by atoms with Crippen molar-refractivity contribution < 1.29 is 0 Å². The summed E-state index contributed by atoms with van der Waals surface area (Å²) < 4.78 is 1.86. The van der Waals surface area contributed by atoms with Crippen LogP contribution in [0.2, 0.25) is 0 Å². The van der Waals surface area contributed by atoms with E-state index in [1.54, 1.807) is 0 Å². The zero-order valence-electron chi connectivity index (χ0n) is 17.3. The van der Waals surface area contributed by atoms with Crippen LogP contribution in [0.1, 0.15) is 44.2 Å². The minimum atomic E-state index is 0.112. The minimum absolute atomic E-state index is 0.112. The topological polar surface area (TPSA) is 55.1 Å². The van der Waals surface area contributed by atoms with Crippen LogP contribution in [0, 0.1) is 6.92 Å². The van der Waals surface area contributed by atoms with Gasteiger partial charge in [0, 0.05) is 28.6 Å². The third kappa shape index (κ3) is 3.07. The van der Waals surface area contributed by atoms with Crippen LogP contribution in [0.3, 0.4) is 0 Å². The molecule has 0 bridgehead atoms. The second kappa shape index (κ2) is 6.41. The summed E-state index contributed by atoms with van der Waals surface area (Å²) in [6.07, 6.45) is 2.92. The average Bonchev–Trinajstić information content (AvgIpc) is 3.12. The molecule has 1 aliphatic heterocycles. The first-order chi connectivity index (χ1) is 13.9. The molecule has 5 nitrogen and oxygen atoms in total. The van der Waals surface area contributed by atoms with E-state index >= 15 is 0 Å². The average molecular weight is 383 g/mol. The van der Waals surface area contributed by atoms with E-state index in [0.717, 1.165) is 17.7 Å². The number of benzene rings is 2. The quantitative estimate of drug-likeness (QED) is 0.499. The number of aryl methyl sites for hydroxylation is 1. The molecule has 4 aromatic rings. The van der Waals surface area contributed by atoms with Crippen LogP contribution in [0.15, 0.2) is 54.7 Å². The molecule has 2 aromatic carbocycles. The second-order valence-corrected chi connectivity index (χ2v) is 8.71. The fourth-order valence-electron chi connectivity index (χ4n) is 4.52. The Kier molecular flexibility index (Phi) is 3.95. The van der Waals surface area contributed by atoms with Gasteiger partial charge in [0.1, 0.15) is 0 Å². The summed E-state index contributed by atoms with van der Waals surface area (Å²) in [6, 6.07) is 16.6. The molecule has 146 valence electrons. The lowest BCUT2D eigenvalue weighted by Crippen LogP contribution is -2.36. The fourth-order valence-corrected chi connectivity index (χ4v) is 4.52. The Morgan fingerprint density at radius 3 is 2.69 bits per heavy atom. The first-order valence-corrected chi connectivity index (χ1v) is 10.1. The highest BCUT2D eigenvalue weighted by molar-refractivity contribution is 5.73. The van der Waals surface area contributed by atoms with Gasteiger partial charge in [-0.2, -0.15) is 9.50 Å².